The van der Waals surface area contributed by atoms with E-state index in [1.165, 1.54) is 4.31 Å². The van der Waals surface area contributed by atoms with Gasteiger partial charge in [-0.3, -0.25) is 0 Å². The third-order valence-electron chi connectivity index (χ3n) is 3.25. The van der Waals surface area contributed by atoms with Crippen molar-refractivity contribution in [2.24, 2.45) is 0 Å². The van der Waals surface area contributed by atoms with E-state index in [4.69, 9.17) is 16.3 Å². The molecule has 0 bridgehead atoms. The van der Waals surface area contributed by atoms with Gasteiger partial charge in [-0.05, 0) is 11.5 Å². The van der Waals surface area contributed by atoms with E-state index in [1.807, 2.05) is 30.3 Å². The number of methoxy groups -OCH3 is 1. The SMILES string of the molecule is COCCN(CCCl)S(=O)(=O)c1cccc2ccccc12. The summed E-state index contributed by atoms with van der Waals surface area (Å²) in [5.41, 5.74) is 0. The highest BCUT2D eigenvalue weighted by atomic mass is 35.5. The molecule has 2 aromatic carbocycles. The normalized spacial score (nSPS) is 12.1. The molecule has 4 nitrogen and oxygen atoms in total. The number of hydrogen-bond donors (Lipinski definition) is 0. The van der Waals surface area contributed by atoms with Crippen molar-refractivity contribution in [2.45, 2.75) is 4.90 Å². The van der Waals surface area contributed by atoms with Crippen LogP contribution < -0.4 is 0 Å². The Kier molecular flexibility index (Phi) is 5.58. The van der Waals surface area contributed by atoms with Gasteiger partial charge in [0, 0.05) is 31.5 Å². The van der Waals surface area contributed by atoms with Crippen molar-refractivity contribution in [1.82, 2.24) is 4.31 Å². The Hall–Kier alpha value is -1.14. The summed E-state index contributed by atoms with van der Waals surface area (Å²) in [5.74, 6) is 0.244. The summed E-state index contributed by atoms with van der Waals surface area (Å²) in [6.45, 7) is 0.881. The van der Waals surface area contributed by atoms with Gasteiger partial charge < -0.3 is 4.74 Å². The van der Waals surface area contributed by atoms with E-state index in [1.54, 1.807) is 19.2 Å². The number of ether oxygens (including phenoxy) is 1. The standard InChI is InChI=1S/C15H18ClNO3S/c1-20-12-11-17(10-9-16)21(18,19)15-8-4-6-13-5-2-3-7-14(13)15/h2-8H,9-12H2,1H3. The van der Waals surface area contributed by atoms with Crippen LogP contribution in [0.25, 0.3) is 10.8 Å². The maximum absolute atomic E-state index is 12.9. The van der Waals surface area contributed by atoms with Crippen LogP contribution >= 0.6 is 11.6 Å². The number of hydrogen-bond acceptors (Lipinski definition) is 3. The lowest BCUT2D eigenvalue weighted by Crippen LogP contribution is -2.35. The summed E-state index contributed by atoms with van der Waals surface area (Å²) in [5, 5.41) is 1.62. The molecule has 0 aliphatic rings. The van der Waals surface area contributed by atoms with Crippen molar-refractivity contribution in [3.63, 3.8) is 0 Å². The summed E-state index contributed by atoms with van der Waals surface area (Å²) in [6, 6.07) is 12.7. The van der Waals surface area contributed by atoms with E-state index < -0.39 is 10.0 Å². The van der Waals surface area contributed by atoms with Crippen molar-refractivity contribution in [1.29, 1.82) is 0 Å². The quantitative estimate of drug-likeness (QED) is 0.735. The van der Waals surface area contributed by atoms with Gasteiger partial charge in [-0.15, -0.1) is 11.6 Å². The van der Waals surface area contributed by atoms with Gasteiger partial charge >= 0.3 is 0 Å². The molecule has 6 heteroatoms. The molecule has 0 heterocycles. The number of rotatable bonds is 7. The minimum atomic E-state index is -3.59. The monoisotopic (exact) mass is 327 g/mol. The largest absolute Gasteiger partial charge is 0.383 e. The fourth-order valence-corrected chi connectivity index (χ4v) is 4.14. The van der Waals surface area contributed by atoms with Crippen LogP contribution in [0.1, 0.15) is 0 Å². The molecule has 2 aromatic rings. The zero-order valence-corrected chi connectivity index (χ0v) is 13.4. The second-order valence-electron chi connectivity index (χ2n) is 4.56. The van der Waals surface area contributed by atoms with Gasteiger partial charge in [0.15, 0.2) is 0 Å². The number of halogens is 1. The Morgan fingerprint density at radius 2 is 1.81 bits per heavy atom. The summed E-state index contributed by atoms with van der Waals surface area (Å²) in [6.07, 6.45) is 0. The van der Waals surface area contributed by atoms with E-state index in [0.29, 0.717) is 11.5 Å². The average molecular weight is 328 g/mol. The molecule has 0 amide bonds. The minimum Gasteiger partial charge on any atom is -0.383 e. The van der Waals surface area contributed by atoms with Crippen molar-refractivity contribution in [2.75, 3.05) is 32.7 Å². The maximum atomic E-state index is 12.9. The molecule has 114 valence electrons. The number of sulfonamides is 1. The molecular formula is C15H18ClNO3S. The van der Waals surface area contributed by atoms with E-state index in [0.717, 1.165) is 10.8 Å². The molecule has 0 radical (unpaired) electrons. The maximum Gasteiger partial charge on any atom is 0.243 e. The number of benzene rings is 2. The molecule has 0 spiro atoms. The van der Waals surface area contributed by atoms with Crippen LogP contribution in [0.15, 0.2) is 47.4 Å². The van der Waals surface area contributed by atoms with Crippen molar-refractivity contribution in [3.05, 3.63) is 42.5 Å². The fraction of sp³-hybridized carbons (Fsp3) is 0.333. The van der Waals surface area contributed by atoms with E-state index >= 15 is 0 Å². The van der Waals surface area contributed by atoms with Gasteiger partial charge in [0.05, 0.1) is 11.5 Å². The predicted molar refractivity (Wildman–Crippen MR) is 85.3 cm³/mol. The topological polar surface area (TPSA) is 46.6 Å². The third-order valence-corrected chi connectivity index (χ3v) is 5.37. The zero-order valence-electron chi connectivity index (χ0n) is 11.8. The Morgan fingerprint density at radius 1 is 1.10 bits per heavy atom. The molecule has 0 aliphatic heterocycles. The lowest BCUT2D eigenvalue weighted by atomic mass is 10.1. The second kappa shape index (κ2) is 7.22. The molecular weight excluding hydrogens is 310 g/mol. The lowest BCUT2D eigenvalue weighted by Gasteiger charge is -2.21. The van der Waals surface area contributed by atoms with Crippen LogP contribution in [0.3, 0.4) is 0 Å². The zero-order chi connectivity index (χ0) is 15.3. The molecule has 0 aliphatic carbocycles. The first-order valence-electron chi connectivity index (χ1n) is 6.64. The number of fused-ring (bicyclic) bond motifs is 1. The highest BCUT2D eigenvalue weighted by Crippen LogP contribution is 2.25. The predicted octanol–water partition coefficient (Wildman–Crippen LogP) is 2.72. The van der Waals surface area contributed by atoms with Gasteiger partial charge in [0.25, 0.3) is 0 Å². The molecule has 2 rings (SSSR count). The minimum absolute atomic E-state index is 0.244. The van der Waals surface area contributed by atoms with Crippen molar-refractivity contribution < 1.29 is 13.2 Å². The van der Waals surface area contributed by atoms with Crippen LogP contribution in [0.5, 0.6) is 0 Å². The molecule has 0 unspecified atom stereocenters. The highest BCUT2D eigenvalue weighted by molar-refractivity contribution is 7.89. The molecule has 21 heavy (non-hydrogen) atoms. The van der Waals surface area contributed by atoms with E-state index in [-0.39, 0.29) is 19.0 Å². The summed E-state index contributed by atoms with van der Waals surface area (Å²) >= 11 is 5.74. The van der Waals surface area contributed by atoms with Gasteiger partial charge in [-0.2, -0.15) is 4.31 Å². The summed E-state index contributed by atoms with van der Waals surface area (Å²) < 4.78 is 32.1. The molecule has 0 N–H and O–H groups in total. The molecule has 0 atom stereocenters. The second-order valence-corrected chi connectivity index (χ2v) is 6.85. The number of nitrogens with zero attached hydrogens (tertiary/aromatic N) is 1. The van der Waals surface area contributed by atoms with Gasteiger partial charge in [0.1, 0.15) is 0 Å². The lowest BCUT2D eigenvalue weighted by molar-refractivity contribution is 0.180. The van der Waals surface area contributed by atoms with Crippen LogP contribution in [0.4, 0.5) is 0 Å². The average Bonchev–Trinajstić information content (AvgIpc) is 2.50. The summed E-state index contributed by atoms with van der Waals surface area (Å²) in [7, 11) is -2.05. The van der Waals surface area contributed by atoms with E-state index in [2.05, 4.69) is 0 Å². The molecule has 0 saturated carbocycles. The summed E-state index contributed by atoms with van der Waals surface area (Å²) in [4.78, 5) is 0.307. The van der Waals surface area contributed by atoms with Gasteiger partial charge in [-0.1, -0.05) is 36.4 Å². The Bertz CT molecular complexity index is 698. The highest BCUT2D eigenvalue weighted by Gasteiger charge is 2.25. The van der Waals surface area contributed by atoms with Crippen LogP contribution in [0.2, 0.25) is 0 Å². The van der Waals surface area contributed by atoms with E-state index in [9.17, 15) is 8.42 Å². The fourth-order valence-electron chi connectivity index (χ4n) is 2.20. The molecule has 0 fully saturated rings. The van der Waals surface area contributed by atoms with Crippen LogP contribution in [-0.2, 0) is 14.8 Å². The molecule has 0 saturated heterocycles. The Morgan fingerprint density at radius 3 is 2.52 bits per heavy atom. The first-order valence-corrected chi connectivity index (χ1v) is 8.61. The van der Waals surface area contributed by atoms with Crippen LogP contribution in [0, 0.1) is 0 Å². The van der Waals surface area contributed by atoms with Crippen LogP contribution in [-0.4, -0.2) is 45.4 Å². The van der Waals surface area contributed by atoms with Gasteiger partial charge in [0.2, 0.25) is 10.0 Å². The third kappa shape index (κ3) is 3.55. The van der Waals surface area contributed by atoms with Crippen molar-refractivity contribution in [3.8, 4) is 0 Å². The molecule has 0 aromatic heterocycles. The van der Waals surface area contributed by atoms with Gasteiger partial charge in [-0.25, -0.2) is 8.42 Å². The first kappa shape index (κ1) is 16.2. The number of alkyl halides is 1. The van der Waals surface area contributed by atoms with Crippen molar-refractivity contribution >= 4 is 32.4 Å². The first-order chi connectivity index (χ1) is 10.1. The Balaban J connectivity index is 2.49. The smallest absolute Gasteiger partial charge is 0.243 e. The Labute approximate surface area is 130 Å².